The monoisotopic (exact) mass is 331 g/mol. The Labute approximate surface area is 139 Å². The molecule has 2 aromatic rings. The van der Waals surface area contributed by atoms with Gasteiger partial charge in [0.1, 0.15) is 17.5 Å². The fraction of sp³-hybridized carbons (Fsp3) is 0.625. The Morgan fingerprint density at radius 3 is 2.96 bits per heavy atom. The third kappa shape index (κ3) is 2.71. The van der Waals surface area contributed by atoms with Crippen LogP contribution in [0.1, 0.15) is 46.5 Å². The molecule has 0 spiro atoms. The number of hydrogen-bond acceptors (Lipinski definition) is 6. The normalized spacial score (nSPS) is 20.2. The number of aromatic nitrogens is 4. The van der Waals surface area contributed by atoms with Crippen LogP contribution in [0.2, 0.25) is 0 Å². The molecule has 8 nitrogen and oxygen atoms in total. The Hall–Kier alpha value is -2.22. The highest BCUT2D eigenvalue weighted by atomic mass is 16.5. The van der Waals surface area contributed by atoms with E-state index in [4.69, 9.17) is 9.26 Å². The molecule has 3 heterocycles. The number of amides is 1. The maximum atomic E-state index is 12.8. The Bertz CT molecular complexity index is 749. The number of carbonyl (C=O) groups excluding carboxylic acids is 1. The molecule has 2 aromatic heterocycles. The van der Waals surface area contributed by atoms with Crippen LogP contribution in [0.3, 0.4) is 0 Å². The van der Waals surface area contributed by atoms with Crippen molar-refractivity contribution in [2.75, 3.05) is 20.3 Å². The smallest absolute Gasteiger partial charge is 0.276 e. The van der Waals surface area contributed by atoms with Gasteiger partial charge < -0.3 is 14.2 Å². The molecule has 0 aromatic carbocycles. The molecule has 1 saturated carbocycles. The fourth-order valence-corrected chi connectivity index (χ4v) is 3.27. The molecule has 128 valence electrons. The van der Waals surface area contributed by atoms with E-state index in [1.807, 2.05) is 4.68 Å². The highest BCUT2D eigenvalue weighted by molar-refractivity contribution is 5.92. The van der Waals surface area contributed by atoms with Crippen molar-refractivity contribution in [2.45, 2.75) is 38.8 Å². The van der Waals surface area contributed by atoms with Crippen molar-refractivity contribution >= 4 is 5.91 Å². The van der Waals surface area contributed by atoms with Crippen molar-refractivity contribution in [1.29, 1.82) is 0 Å². The van der Waals surface area contributed by atoms with E-state index >= 15 is 0 Å². The molecule has 0 N–H and O–H groups in total. The molecule has 0 bridgehead atoms. The third-order valence-corrected chi connectivity index (χ3v) is 4.71. The molecule has 24 heavy (non-hydrogen) atoms. The molecule has 1 fully saturated rings. The number of nitrogens with zero attached hydrogens (tertiary/aromatic N) is 5. The van der Waals surface area contributed by atoms with Crippen LogP contribution in [0, 0.1) is 12.8 Å². The summed E-state index contributed by atoms with van der Waals surface area (Å²) in [4.78, 5) is 14.6. The lowest BCUT2D eigenvalue weighted by Crippen LogP contribution is -2.42. The van der Waals surface area contributed by atoms with E-state index in [0.717, 1.165) is 30.3 Å². The third-order valence-electron chi connectivity index (χ3n) is 4.71. The summed E-state index contributed by atoms with van der Waals surface area (Å²) in [6, 6.07) is 1.42. The summed E-state index contributed by atoms with van der Waals surface area (Å²) in [6.07, 6.45) is 3.29. The molecule has 0 saturated heterocycles. The molecule has 1 aliphatic heterocycles. The van der Waals surface area contributed by atoms with Gasteiger partial charge in [-0.3, -0.25) is 4.79 Å². The number of hydrogen-bond donors (Lipinski definition) is 0. The average molecular weight is 331 g/mol. The predicted octanol–water partition coefficient (Wildman–Crippen LogP) is 1.37. The molecule has 1 aliphatic carbocycles. The van der Waals surface area contributed by atoms with Crippen LogP contribution in [-0.2, 0) is 17.7 Å². The van der Waals surface area contributed by atoms with Crippen LogP contribution in [0.5, 0.6) is 0 Å². The van der Waals surface area contributed by atoms with Crippen molar-refractivity contribution in [2.24, 2.45) is 5.92 Å². The van der Waals surface area contributed by atoms with Gasteiger partial charge >= 0.3 is 0 Å². The second-order valence-corrected chi connectivity index (χ2v) is 6.59. The second kappa shape index (κ2) is 6.01. The van der Waals surface area contributed by atoms with E-state index in [0.29, 0.717) is 24.6 Å². The van der Waals surface area contributed by atoms with Crippen LogP contribution in [-0.4, -0.2) is 51.2 Å². The van der Waals surface area contributed by atoms with Gasteiger partial charge in [0.25, 0.3) is 5.91 Å². The predicted molar refractivity (Wildman–Crippen MR) is 83.3 cm³/mol. The first-order valence-electron chi connectivity index (χ1n) is 8.33. The SMILES string of the molecule is COC[C@H]1c2nnn(CC3CC3)c2CCN1C(=O)c1cc(C)on1. The number of carbonyl (C=O) groups is 1. The van der Waals surface area contributed by atoms with E-state index in [1.165, 1.54) is 12.8 Å². The summed E-state index contributed by atoms with van der Waals surface area (Å²) < 4.78 is 12.4. The van der Waals surface area contributed by atoms with E-state index in [9.17, 15) is 4.79 Å². The van der Waals surface area contributed by atoms with Crippen molar-refractivity contribution < 1.29 is 14.1 Å². The molecular formula is C16H21N5O3. The van der Waals surface area contributed by atoms with Gasteiger partial charge in [-0.1, -0.05) is 10.4 Å². The first-order valence-corrected chi connectivity index (χ1v) is 8.33. The topological polar surface area (TPSA) is 86.3 Å². The second-order valence-electron chi connectivity index (χ2n) is 6.59. The molecular weight excluding hydrogens is 310 g/mol. The number of ether oxygens (including phenoxy) is 1. The van der Waals surface area contributed by atoms with Crippen molar-refractivity contribution in [3.8, 4) is 0 Å². The minimum absolute atomic E-state index is 0.156. The molecule has 4 rings (SSSR count). The van der Waals surface area contributed by atoms with E-state index < -0.39 is 0 Å². The number of methoxy groups -OCH3 is 1. The molecule has 1 amide bonds. The minimum Gasteiger partial charge on any atom is -0.382 e. The minimum atomic E-state index is -0.240. The lowest BCUT2D eigenvalue weighted by molar-refractivity contribution is 0.0481. The first-order chi connectivity index (χ1) is 11.7. The van der Waals surface area contributed by atoms with Gasteiger partial charge in [-0.25, -0.2) is 4.68 Å². The average Bonchev–Trinajstić information content (AvgIpc) is 3.13. The summed E-state index contributed by atoms with van der Waals surface area (Å²) in [5.74, 6) is 1.19. The van der Waals surface area contributed by atoms with E-state index in [2.05, 4.69) is 15.5 Å². The fourth-order valence-electron chi connectivity index (χ4n) is 3.27. The lowest BCUT2D eigenvalue weighted by atomic mass is 10.0. The van der Waals surface area contributed by atoms with Crippen LogP contribution in [0.4, 0.5) is 0 Å². The van der Waals surface area contributed by atoms with Gasteiger partial charge in [-0.05, 0) is 25.7 Å². The van der Waals surface area contributed by atoms with Gasteiger partial charge in [-0.2, -0.15) is 0 Å². The summed E-state index contributed by atoms with van der Waals surface area (Å²) in [5, 5.41) is 12.5. The number of fused-ring (bicyclic) bond motifs is 1. The lowest BCUT2D eigenvalue weighted by Gasteiger charge is -2.33. The van der Waals surface area contributed by atoms with Gasteiger partial charge in [0.2, 0.25) is 0 Å². The first kappa shape index (κ1) is 15.3. The van der Waals surface area contributed by atoms with Crippen molar-refractivity contribution in [1.82, 2.24) is 25.1 Å². The Morgan fingerprint density at radius 2 is 2.29 bits per heavy atom. The molecule has 0 unspecified atom stereocenters. The van der Waals surface area contributed by atoms with Crippen LogP contribution in [0.25, 0.3) is 0 Å². The number of aryl methyl sites for hydroxylation is 1. The molecule has 2 aliphatic rings. The Balaban J connectivity index is 1.62. The van der Waals surface area contributed by atoms with E-state index in [1.54, 1.807) is 25.0 Å². The van der Waals surface area contributed by atoms with E-state index in [-0.39, 0.29) is 11.9 Å². The van der Waals surface area contributed by atoms with Crippen LogP contribution >= 0.6 is 0 Å². The van der Waals surface area contributed by atoms with Crippen molar-refractivity contribution in [3.63, 3.8) is 0 Å². The molecule has 1 atom stereocenters. The summed E-state index contributed by atoms with van der Waals surface area (Å²) in [6.45, 7) is 3.69. The molecule has 0 radical (unpaired) electrons. The van der Waals surface area contributed by atoms with Gasteiger partial charge in [0.15, 0.2) is 5.69 Å². The number of rotatable bonds is 5. The van der Waals surface area contributed by atoms with Crippen LogP contribution in [0.15, 0.2) is 10.6 Å². The molecule has 8 heteroatoms. The Kier molecular flexibility index (Phi) is 3.84. The Morgan fingerprint density at radius 1 is 1.46 bits per heavy atom. The quantitative estimate of drug-likeness (QED) is 0.822. The zero-order valence-electron chi connectivity index (χ0n) is 13.9. The maximum absolute atomic E-state index is 12.8. The van der Waals surface area contributed by atoms with Gasteiger partial charge in [0, 0.05) is 32.7 Å². The zero-order chi connectivity index (χ0) is 16.7. The maximum Gasteiger partial charge on any atom is 0.276 e. The highest BCUT2D eigenvalue weighted by Gasteiger charge is 2.37. The summed E-state index contributed by atoms with van der Waals surface area (Å²) in [5.41, 5.74) is 2.30. The zero-order valence-corrected chi connectivity index (χ0v) is 13.9. The van der Waals surface area contributed by atoms with Gasteiger partial charge in [0.05, 0.1) is 12.3 Å². The highest BCUT2D eigenvalue weighted by Crippen LogP contribution is 2.34. The summed E-state index contributed by atoms with van der Waals surface area (Å²) in [7, 11) is 1.63. The largest absolute Gasteiger partial charge is 0.382 e. The van der Waals surface area contributed by atoms with Crippen LogP contribution < -0.4 is 0 Å². The standard InChI is InChI=1S/C16H21N5O3/c1-10-7-12(18-24-10)16(22)20-6-5-13-15(14(20)9-23-2)17-19-21(13)8-11-3-4-11/h7,11,14H,3-6,8-9H2,1-2H3/t14-/m0/s1. The van der Waals surface area contributed by atoms with Gasteiger partial charge in [-0.15, -0.1) is 5.10 Å². The summed E-state index contributed by atoms with van der Waals surface area (Å²) >= 11 is 0. The van der Waals surface area contributed by atoms with Crippen molar-refractivity contribution in [3.05, 3.63) is 28.9 Å².